The molecule has 21 heavy (non-hydrogen) atoms. The standard InChI is InChI=1S/C16H19BrN2OS/c1-9(10-5-2-3-6-10)19-16(20)15-14(18)13-11(17)7-4-8-12(13)21-15/h4,7-10H,2-3,5-6,18H2,1H3,(H,19,20). The maximum atomic E-state index is 12.5. The van der Waals surface area contributed by atoms with Crippen molar-refractivity contribution in [2.24, 2.45) is 5.92 Å². The number of nitrogens with two attached hydrogens (primary N) is 1. The van der Waals surface area contributed by atoms with Gasteiger partial charge < -0.3 is 11.1 Å². The number of nitrogens with one attached hydrogen (secondary N) is 1. The molecule has 3 nitrogen and oxygen atoms in total. The highest BCUT2D eigenvalue weighted by Gasteiger charge is 2.25. The lowest BCUT2D eigenvalue weighted by Gasteiger charge is -2.20. The molecule has 0 bridgehead atoms. The van der Waals surface area contributed by atoms with E-state index in [0.717, 1.165) is 14.6 Å². The first kappa shape index (κ1) is 14.9. The van der Waals surface area contributed by atoms with E-state index in [9.17, 15) is 4.79 Å². The maximum absolute atomic E-state index is 12.5. The van der Waals surface area contributed by atoms with E-state index in [1.54, 1.807) is 0 Å². The van der Waals surface area contributed by atoms with Gasteiger partial charge in [-0.1, -0.05) is 34.8 Å². The summed E-state index contributed by atoms with van der Waals surface area (Å²) in [5.41, 5.74) is 6.77. The minimum atomic E-state index is -0.0417. The van der Waals surface area contributed by atoms with Crippen molar-refractivity contribution in [2.75, 3.05) is 5.73 Å². The number of thiophene rings is 1. The normalized spacial score (nSPS) is 17.2. The Morgan fingerprint density at radius 1 is 1.43 bits per heavy atom. The van der Waals surface area contributed by atoms with Crippen LogP contribution in [0.5, 0.6) is 0 Å². The number of carbonyl (C=O) groups excluding carboxylic acids is 1. The first-order valence-corrected chi connectivity index (χ1v) is 8.96. The molecule has 5 heteroatoms. The van der Waals surface area contributed by atoms with Crippen LogP contribution in [-0.4, -0.2) is 11.9 Å². The summed E-state index contributed by atoms with van der Waals surface area (Å²) in [6.45, 7) is 2.10. The summed E-state index contributed by atoms with van der Waals surface area (Å²) in [5, 5.41) is 4.08. The summed E-state index contributed by atoms with van der Waals surface area (Å²) >= 11 is 4.97. The van der Waals surface area contributed by atoms with Crippen molar-refractivity contribution in [3.63, 3.8) is 0 Å². The topological polar surface area (TPSA) is 55.1 Å². The fraction of sp³-hybridized carbons (Fsp3) is 0.438. The minimum Gasteiger partial charge on any atom is -0.397 e. The zero-order valence-corrected chi connectivity index (χ0v) is 14.4. The fourth-order valence-electron chi connectivity index (χ4n) is 3.15. The van der Waals surface area contributed by atoms with Gasteiger partial charge in [-0.2, -0.15) is 0 Å². The van der Waals surface area contributed by atoms with Crippen molar-refractivity contribution < 1.29 is 4.79 Å². The van der Waals surface area contributed by atoms with Crippen molar-refractivity contribution in [2.45, 2.75) is 38.6 Å². The molecule has 3 N–H and O–H groups in total. The summed E-state index contributed by atoms with van der Waals surface area (Å²) in [7, 11) is 0. The van der Waals surface area contributed by atoms with E-state index in [1.807, 2.05) is 18.2 Å². The first-order valence-electron chi connectivity index (χ1n) is 7.35. The summed E-state index contributed by atoms with van der Waals surface area (Å²) < 4.78 is 1.98. The average molecular weight is 367 g/mol. The molecule has 1 unspecified atom stereocenters. The van der Waals surface area contributed by atoms with Crippen LogP contribution in [0.1, 0.15) is 42.3 Å². The molecule has 1 aromatic heterocycles. The fourth-order valence-corrected chi connectivity index (χ4v) is 4.91. The number of anilines is 1. The van der Waals surface area contributed by atoms with E-state index in [0.29, 0.717) is 16.5 Å². The molecule has 1 saturated carbocycles. The number of benzene rings is 1. The van der Waals surface area contributed by atoms with Gasteiger partial charge in [-0.05, 0) is 37.8 Å². The maximum Gasteiger partial charge on any atom is 0.263 e. The van der Waals surface area contributed by atoms with E-state index >= 15 is 0 Å². The molecule has 0 spiro atoms. The van der Waals surface area contributed by atoms with Gasteiger partial charge in [0, 0.05) is 20.6 Å². The van der Waals surface area contributed by atoms with Crippen molar-refractivity contribution in [1.82, 2.24) is 5.32 Å². The third kappa shape index (κ3) is 2.81. The van der Waals surface area contributed by atoms with Crippen LogP contribution < -0.4 is 11.1 Å². The highest BCUT2D eigenvalue weighted by atomic mass is 79.9. The Bertz CT molecular complexity index is 676. The van der Waals surface area contributed by atoms with Gasteiger partial charge >= 0.3 is 0 Å². The number of hydrogen-bond donors (Lipinski definition) is 2. The number of fused-ring (bicyclic) bond motifs is 1. The smallest absolute Gasteiger partial charge is 0.263 e. The van der Waals surface area contributed by atoms with E-state index in [-0.39, 0.29) is 11.9 Å². The molecule has 1 fully saturated rings. The van der Waals surface area contributed by atoms with Gasteiger partial charge in [0.15, 0.2) is 0 Å². The van der Waals surface area contributed by atoms with Gasteiger partial charge in [-0.3, -0.25) is 4.79 Å². The van der Waals surface area contributed by atoms with Crippen LogP contribution in [0.25, 0.3) is 10.1 Å². The largest absolute Gasteiger partial charge is 0.397 e. The molecule has 0 radical (unpaired) electrons. The molecule has 1 heterocycles. The second-order valence-electron chi connectivity index (χ2n) is 5.76. The molecular weight excluding hydrogens is 348 g/mol. The molecule has 0 saturated heterocycles. The van der Waals surface area contributed by atoms with Crippen LogP contribution in [-0.2, 0) is 0 Å². The highest BCUT2D eigenvalue weighted by molar-refractivity contribution is 9.10. The van der Waals surface area contributed by atoms with Gasteiger partial charge in [0.05, 0.1) is 5.69 Å². The zero-order chi connectivity index (χ0) is 15.0. The monoisotopic (exact) mass is 366 g/mol. The third-order valence-corrected chi connectivity index (χ3v) is 6.20. The summed E-state index contributed by atoms with van der Waals surface area (Å²) in [5.74, 6) is 0.566. The Morgan fingerprint density at radius 3 is 2.81 bits per heavy atom. The molecule has 1 amide bonds. The molecule has 1 aromatic carbocycles. The molecule has 1 aliphatic carbocycles. The average Bonchev–Trinajstić information content (AvgIpc) is 3.07. The number of halogens is 1. The number of nitrogen functional groups attached to an aromatic ring is 1. The second-order valence-corrected chi connectivity index (χ2v) is 7.67. The van der Waals surface area contributed by atoms with Crippen LogP contribution >= 0.6 is 27.3 Å². The van der Waals surface area contributed by atoms with Gasteiger partial charge in [0.2, 0.25) is 0 Å². The van der Waals surface area contributed by atoms with Crippen molar-refractivity contribution >= 4 is 48.9 Å². The number of amides is 1. The number of rotatable bonds is 3. The Balaban J connectivity index is 1.84. The summed E-state index contributed by atoms with van der Waals surface area (Å²) in [6, 6.07) is 6.13. The predicted molar refractivity (Wildman–Crippen MR) is 92.8 cm³/mol. The lowest BCUT2D eigenvalue weighted by atomic mass is 10.00. The predicted octanol–water partition coefficient (Wildman–Crippen LogP) is 4.55. The summed E-state index contributed by atoms with van der Waals surface area (Å²) in [4.78, 5) is 13.1. The van der Waals surface area contributed by atoms with Gasteiger partial charge in [0.1, 0.15) is 4.88 Å². The lowest BCUT2D eigenvalue weighted by Crippen LogP contribution is -2.37. The molecule has 1 atom stereocenters. The Morgan fingerprint density at radius 2 is 2.14 bits per heavy atom. The van der Waals surface area contributed by atoms with Gasteiger partial charge in [0.25, 0.3) is 5.91 Å². The number of carbonyl (C=O) groups is 1. The molecular formula is C16H19BrN2OS. The Labute approximate surface area is 137 Å². The van der Waals surface area contributed by atoms with E-state index in [1.165, 1.54) is 37.0 Å². The van der Waals surface area contributed by atoms with E-state index in [4.69, 9.17) is 5.73 Å². The summed E-state index contributed by atoms with van der Waals surface area (Å²) in [6.07, 6.45) is 5.00. The van der Waals surface area contributed by atoms with Crippen molar-refractivity contribution in [1.29, 1.82) is 0 Å². The van der Waals surface area contributed by atoms with Gasteiger partial charge in [-0.15, -0.1) is 11.3 Å². The van der Waals surface area contributed by atoms with E-state index in [2.05, 4.69) is 28.2 Å². The van der Waals surface area contributed by atoms with Crippen LogP contribution in [0.2, 0.25) is 0 Å². The quantitative estimate of drug-likeness (QED) is 0.836. The third-order valence-electron chi connectivity index (χ3n) is 4.37. The zero-order valence-electron chi connectivity index (χ0n) is 12.0. The number of hydrogen-bond acceptors (Lipinski definition) is 3. The van der Waals surface area contributed by atoms with Crippen molar-refractivity contribution in [3.05, 3.63) is 27.5 Å². The van der Waals surface area contributed by atoms with Crippen molar-refractivity contribution in [3.8, 4) is 0 Å². The lowest BCUT2D eigenvalue weighted by molar-refractivity contribution is 0.0932. The first-order chi connectivity index (χ1) is 10.1. The molecule has 1 aliphatic rings. The molecule has 0 aliphatic heterocycles. The Kier molecular flexibility index (Phi) is 4.22. The van der Waals surface area contributed by atoms with Crippen LogP contribution in [0.3, 0.4) is 0 Å². The Hall–Kier alpha value is -1.07. The van der Waals surface area contributed by atoms with Crippen LogP contribution in [0.15, 0.2) is 22.7 Å². The van der Waals surface area contributed by atoms with Crippen LogP contribution in [0.4, 0.5) is 5.69 Å². The SMILES string of the molecule is CC(NC(=O)c1sc2cccc(Br)c2c1N)C1CCCC1. The highest BCUT2D eigenvalue weighted by Crippen LogP contribution is 2.38. The molecule has 2 aromatic rings. The van der Waals surface area contributed by atoms with E-state index < -0.39 is 0 Å². The van der Waals surface area contributed by atoms with Gasteiger partial charge in [-0.25, -0.2) is 0 Å². The molecule has 112 valence electrons. The van der Waals surface area contributed by atoms with Crippen LogP contribution in [0, 0.1) is 5.92 Å². The molecule has 3 rings (SSSR count). The second kappa shape index (κ2) is 5.97. The minimum absolute atomic E-state index is 0.0417.